The number of rotatable bonds is 7. The highest BCUT2D eigenvalue weighted by Crippen LogP contribution is 2.33. The number of nitrogens with one attached hydrogen (secondary N) is 1. The molecule has 0 aromatic carbocycles. The molecule has 0 saturated carbocycles. The van der Waals surface area contributed by atoms with E-state index in [1.54, 1.807) is 17.3 Å². The van der Waals surface area contributed by atoms with Crippen molar-refractivity contribution in [3.8, 4) is 0 Å². The van der Waals surface area contributed by atoms with Gasteiger partial charge in [0, 0.05) is 31.8 Å². The minimum Gasteiger partial charge on any atom is -0.349 e. The van der Waals surface area contributed by atoms with Crippen LogP contribution in [0.1, 0.15) is 56.4 Å². The number of likely N-dealkylation sites (tertiary alicyclic amines) is 1. The van der Waals surface area contributed by atoms with Gasteiger partial charge in [-0.05, 0) is 30.0 Å². The van der Waals surface area contributed by atoms with Crippen LogP contribution in [0, 0.1) is 5.92 Å². The van der Waals surface area contributed by atoms with Crippen LogP contribution in [-0.4, -0.2) is 31.8 Å². The molecule has 0 bridgehead atoms. The summed E-state index contributed by atoms with van der Waals surface area (Å²) < 4.78 is 5.36. The maximum atomic E-state index is 12.3. The van der Waals surface area contributed by atoms with Crippen LogP contribution in [0.4, 0.5) is 0 Å². The molecule has 1 saturated heterocycles. The highest BCUT2D eigenvalue weighted by Gasteiger charge is 2.35. The molecule has 2 aromatic heterocycles. The van der Waals surface area contributed by atoms with Gasteiger partial charge in [0.15, 0.2) is 5.82 Å². The van der Waals surface area contributed by atoms with Gasteiger partial charge in [-0.3, -0.25) is 14.6 Å². The molecule has 0 spiro atoms. The van der Waals surface area contributed by atoms with Crippen LogP contribution in [0.3, 0.4) is 0 Å². The molecule has 0 aliphatic carbocycles. The number of aromatic nitrogens is 3. The van der Waals surface area contributed by atoms with Gasteiger partial charge in [-0.15, -0.1) is 0 Å². The van der Waals surface area contributed by atoms with E-state index >= 15 is 0 Å². The molecule has 1 aliphatic rings. The third-order valence-electron chi connectivity index (χ3n) is 4.24. The van der Waals surface area contributed by atoms with Crippen LogP contribution in [0.2, 0.25) is 0 Å². The highest BCUT2D eigenvalue weighted by atomic mass is 16.5. The van der Waals surface area contributed by atoms with Crippen LogP contribution in [0.5, 0.6) is 0 Å². The third-order valence-corrected chi connectivity index (χ3v) is 4.24. The van der Waals surface area contributed by atoms with Gasteiger partial charge < -0.3 is 14.7 Å². The molecule has 138 valence electrons. The lowest BCUT2D eigenvalue weighted by Crippen LogP contribution is -2.27. The van der Waals surface area contributed by atoms with Crippen molar-refractivity contribution in [2.45, 2.75) is 52.2 Å². The Labute approximate surface area is 152 Å². The average molecular weight is 357 g/mol. The van der Waals surface area contributed by atoms with Crippen molar-refractivity contribution in [1.29, 1.82) is 0 Å². The van der Waals surface area contributed by atoms with Crippen LogP contribution in [-0.2, 0) is 22.7 Å². The Morgan fingerprint density at radius 1 is 1.38 bits per heavy atom. The van der Waals surface area contributed by atoms with E-state index in [-0.39, 0.29) is 24.4 Å². The lowest BCUT2D eigenvalue weighted by molar-refractivity contribution is -0.130. The maximum absolute atomic E-state index is 12.3. The monoisotopic (exact) mass is 357 g/mol. The Hall–Kier alpha value is -2.77. The van der Waals surface area contributed by atoms with Crippen molar-refractivity contribution in [3.05, 3.63) is 41.8 Å². The summed E-state index contributed by atoms with van der Waals surface area (Å²) in [5.41, 5.74) is 1.00. The molecule has 1 fully saturated rings. The van der Waals surface area contributed by atoms with E-state index in [0.717, 1.165) is 5.56 Å². The molecular formula is C18H23N5O3. The summed E-state index contributed by atoms with van der Waals surface area (Å²) in [6.07, 6.45) is 4.97. The van der Waals surface area contributed by atoms with Crippen molar-refractivity contribution in [2.75, 3.05) is 0 Å². The Bertz CT molecular complexity index is 759. The first-order valence-corrected chi connectivity index (χ1v) is 8.80. The predicted molar refractivity (Wildman–Crippen MR) is 92.4 cm³/mol. The van der Waals surface area contributed by atoms with Crippen LogP contribution in [0.15, 0.2) is 29.0 Å². The van der Waals surface area contributed by atoms with Gasteiger partial charge in [-0.2, -0.15) is 4.98 Å². The molecule has 0 unspecified atom stereocenters. The lowest BCUT2D eigenvalue weighted by atomic mass is 10.1. The van der Waals surface area contributed by atoms with Crippen molar-refractivity contribution in [3.63, 3.8) is 0 Å². The van der Waals surface area contributed by atoms with E-state index in [0.29, 0.717) is 43.4 Å². The first-order valence-electron chi connectivity index (χ1n) is 8.80. The van der Waals surface area contributed by atoms with Gasteiger partial charge >= 0.3 is 0 Å². The fourth-order valence-corrected chi connectivity index (χ4v) is 2.97. The Kier molecular flexibility index (Phi) is 5.60. The number of amides is 2. The Morgan fingerprint density at radius 2 is 2.15 bits per heavy atom. The number of carbonyl (C=O) groups excluding carboxylic acids is 2. The van der Waals surface area contributed by atoms with E-state index in [4.69, 9.17) is 4.52 Å². The topological polar surface area (TPSA) is 101 Å². The maximum Gasteiger partial charge on any atom is 0.249 e. The summed E-state index contributed by atoms with van der Waals surface area (Å²) in [5.74, 6) is 1.15. The molecule has 8 heteroatoms. The standard InChI is InChI=1S/C18H23N5O3/c1-12(2)9-16(24)20-10-15-21-18(26-22-15)14-3-4-17(25)23(14)11-13-5-7-19-8-6-13/h5-8,12,14H,3-4,9-11H2,1-2H3,(H,20,24)/t14-/m0/s1. The number of hydrogen-bond acceptors (Lipinski definition) is 6. The van der Waals surface area contributed by atoms with E-state index in [1.807, 2.05) is 26.0 Å². The van der Waals surface area contributed by atoms with Gasteiger partial charge in [0.2, 0.25) is 17.7 Å². The quantitative estimate of drug-likeness (QED) is 0.813. The van der Waals surface area contributed by atoms with Crippen LogP contribution >= 0.6 is 0 Å². The van der Waals surface area contributed by atoms with E-state index in [2.05, 4.69) is 20.4 Å². The van der Waals surface area contributed by atoms with Gasteiger partial charge in [0.1, 0.15) is 6.04 Å². The molecule has 3 heterocycles. The number of nitrogens with zero attached hydrogens (tertiary/aromatic N) is 4. The highest BCUT2D eigenvalue weighted by molar-refractivity contribution is 5.78. The molecular weight excluding hydrogens is 334 g/mol. The minimum absolute atomic E-state index is 0.0401. The smallest absolute Gasteiger partial charge is 0.249 e. The number of carbonyl (C=O) groups is 2. The Morgan fingerprint density at radius 3 is 2.88 bits per heavy atom. The predicted octanol–water partition coefficient (Wildman–Crippen LogP) is 1.99. The van der Waals surface area contributed by atoms with Gasteiger partial charge in [0.25, 0.3) is 0 Å². The molecule has 1 atom stereocenters. The molecule has 0 radical (unpaired) electrons. The van der Waals surface area contributed by atoms with Crippen molar-refractivity contribution in [1.82, 2.24) is 25.3 Å². The van der Waals surface area contributed by atoms with Gasteiger partial charge in [-0.1, -0.05) is 19.0 Å². The minimum atomic E-state index is -0.233. The van der Waals surface area contributed by atoms with Crippen LogP contribution < -0.4 is 5.32 Å². The second-order valence-electron chi connectivity index (χ2n) is 6.86. The summed E-state index contributed by atoms with van der Waals surface area (Å²) in [5, 5.41) is 6.71. The zero-order valence-electron chi connectivity index (χ0n) is 15.0. The fourth-order valence-electron chi connectivity index (χ4n) is 2.97. The molecule has 26 heavy (non-hydrogen) atoms. The van der Waals surface area contributed by atoms with E-state index in [9.17, 15) is 9.59 Å². The second kappa shape index (κ2) is 8.07. The largest absolute Gasteiger partial charge is 0.349 e. The summed E-state index contributed by atoms with van der Waals surface area (Å²) >= 11 is 0. The van der Waals surface area contributed by atoms with Crippen molar-refractivity contribution < 1.29 is 14.1 Å². The van der Waals surface area contributed by atoms with Crippen LogP contribution in [0.25, 0.3) is 0 Å². The van der Waals surface area contributed by atoms with Gasteiger partial charge in [-0.25, -0.2) is 0 Å². The Balaban J connectivity index is 1.63. The SMILES string of the molecule is CC(C)CC(=O)NCc1noc([C@@H]2CCC(=O)N2Cc2ccncc2)n1. The first-order chi connectivity index (χ1) is 12.5. The molecule has 1 N–H and O–H groups in total. The van der Waals surface area contributed by atoms with Crippen molar-refractivity contribution in [2.24, 2.45) is 5.92 Å². The van der Waals surface area contributed by atoms with Gasteiger partial charge in [0.05, 0.1) is 6.54 Å². The second-order valence-corrected chi connectivity index (χ2v) is 6.86. The third kappa shape index (κ3) is 4.44. The number of pyridine rings is 1. The summed E-state index contributed by atoms with van der Waals surface area (Å²) in [4.78, 5) is 34.1. The van der Waals surface area contributed by atoms with Crippen molar-refractivity contribution >= 4 is 11.8 Å². The molecule has 2 amide bonds. The molecule has 1 aliphatic heterocycles. The zero-order chi connectivity index (χ0) is 18.5. The molecule has 8 nitrogen and oxygen atoms in total. The normalized spacial score (nSPS) is 17.1. The van der Waals surface area contributed by atoms with E-state index < -0.39 is 0 Å². The van der Waals surface area contributed by atoms with E-state index in [1.165, 1.54) is 0 Å². The average Bonchev–Trinajstić information content (AvgIpc) is 3.21. The summed E-state index contributed by atoms with van der Waals surface area (Å²) in [7, 11) is 0. The fraction of sp³-hybridized carbons (Fsp3) is 0.500. The summed E-state index contributed by atoms with van der Waals surface area (Å²) in [6.45, 7) is 4.68. The molecule has 2 aromatic rings. The summed E-state index contributed by atoms with van der Waals surface area (Å²) in [6, 6.07) is 3.53. The lowest BCUT2D eigenvalue weighted by Gasteiger charge is -2.21. The first kappa shape index (κ1) is 18.0. The molecule has 3 rings (SSSR count). The zero-order valence-corrected chi connectivity index (χ0v) is 15.0. The number of hydrogen-bond donors (Lipinski definition) is 1.